The summed E-state index contributed by atoms with van der Waals surface area (Å²) in [7, 11) is 0. The number of aliphatic hydroxyl groups excluding tert-OH is 1. The average molecular weight is 207 g/mol. The van der Waals surface area contributed by atoms with Crippen LogP contribution < -0.4 is 0 Å². The lowest BCUT2D eigenvalue weighted by Gasteiger charge is -2.19. The van der Waals surface area contributed by atoms with E-state index in [4.69, 9.17) is 0 Å². The van der Waals surface area contributed by atoms with Crippen molar-refractivity contribution in [2.75, 3.05) is 0 Å². The molecule has 0 spiro atoms. The van der Waals surface area contributed by atoms with Gasteiger partial charge >= 0.3 is 0 Å². The molecule has 0 radical (unpaired) electrons. The van der Waals surface area contributed by atoms with Crippen molar-refractivity contribution >= 4 is 0 Å². The van der Waals surface area contributed by atoms with Crippen molar-refractivity contribution in [1.82, 2.24) is 4.98 Å². The standard InChI is InChI=1S/C13H21NO/c1-5-6-10(3)13(15)12-11(4)7-9(2)8-14-12/h7-8,10,13,15H,5-6H2,1-4H3. The number of aromatic nitrogens is 1. The highest BCUT2D eigenvalue weighted by Gasteiger charge is 2.18. The van der Waals surface area contributed by atoms with E-state index in [1.165, 1.54) is 0 Å². The van der Waals surface area contributed by atoms with Crippen LogP contribution in [0.2, 0.25) is 0 Å². The molecule has 15 heavy (non-hydrogen) atoms. The average Bonchev–Trinajstić information content (AvgIpc) is 2.17. The smallest absolute Gasteiger partial charge is 0.0987 e. The Hall–Kier alpha value is -0.890. The Kier molecular flexibility index (Phi) is 4.28. The van der Waals surface area contributed by atoms with Gasteiger partial charge in [-0.25, -0.2) is 0 Å². The Morgan fingerprint density at radius 2 is 2.07 bits per heavy atom. The molecule has 2 atom stereocenters. The van der Waals surface area contributed by atoms with Crippen LogP contribution in [0.15, 0.2) is 12.3 Å². The van der Waals surface area contributed by atoms with Crippen LogP contribution >= 0.6 is 0 Å². The molecule has 84 valence electrons. The second-order valence-electron chi connectivity index (χ2n) is 4.43. The third-order valence-corrected chi connectivity index (χ3v) is 2.82. The third-order valence-electron chi connectivity index (χ3n) is 2.82. The SMILES string of the molecule is CCCC(C)C(O)c1ncc(C)cc1C. The van der Waals surface area contributed by atoms with Crippen LogP contribution in [0.1, 0.15) is 49.6 Å². The maximum absolute atomic E-state index is 10.1. The first kappa shape index (κ1) is 12.2. The number of hydrogen-bond acceptors (Lipinski definition) is 2. The van der Waals surface area contributed by atoms with Gasteiger partial charge in [0.25, 0.3) is 0 Å². The minimum absolute atomic E-state index is 0.281. The second kappa shape index (κ2) is 5.26. The van der Waals surface area contributed by atoms with Crippen molar-refractivity contribution in [1.29, 1.82) is 0 Å². The van der Waals surface area contributed by atoms with Crippen LogP contribution in [-0.2, 0) is 0 Å². The molecule has 1 aromatic rings. The van der Waals surface area contributed by atoms with Gasteiger partial charge in [0.1, 0.15) is 0 Å². The van der Waals surface area contributed by atoms with Gasteiger partial charge in [0.05, 0.1) is 11.8 Å². The van der Waals surface area contributed by atoms with Crippen LogP contribution in [-0.4, -0.2) is 10.1 Å². The molecule has 2 nitrogen and oxygen atoms in total. The molecule has 0 aliphatic rings. The zero-order valence-electron chi connectivity index (χ0n) is 10.1. The molecule has 0 amide bonds. The molecule has 1 heterocycles. The molecule has 0 saturated carbocycles. The first-order valence-corrected chi connectivity index (χ1v) is 5.67. The lowest BCUT2D eigenvalue weighted by molar-refractivity contribution is 0.107. The number of hydrogen-bond donors (Lipinski definition) is 1. The quantitative estimate of drug-likeness (QED) is 0.822. The molecule has 0 aliphatic heterocycles. The fraction of sp³-hybridized carbons (Fsp3) is 0.615. The summed E-state index contributed by atoms with van der Waals surface area (Å²) in [4.78, 5) is 4.33. The van der Waals surface area contributed by atoms with Crippen LogP contribution in [0.3, 0.4) is 0 Å². The van der Waals surface area contributed by atoms with Crippen molar-refractivity contribution in [3.63, 3.8) is 0 Å². The van der Waals surface area contributed by atoms with Crippen LogP contribution in [0, 0.1) is 19.8 Å². The third kappa shape index (κ3) is 3.03. The predicted molar refractivity (Wildman–Crippen MR) is 62.7 cm³/mol. The van der Waals surface area contributed by atoms with E-state index >= 15 is 0 Å². The van der Waals surface area contributed by atoms with E-state index in [1.807, 2.05) is 20.0 Å². The Morgan fingerprint density at radius 1 is 1.40 bits per heavy atom. The van der Waals surface area contributed by atoms with E-state index in [2.05, 4.69) is 24.9 Å². The summed E-state index contributed by atoms with van der Waals surface area (Å²) >= 11 is 0. The molecular formula is C13H21NO. The van der Waals surface area contributed by atoms with Gasteiger partial charge in [0, 0.05) is 6.20 Å². The maximum atomic E-state index is 10.1. The van der Waals surface area contributed by atoms with Crippen molar-refractivity contribution in [2.45, 2.75) is 46.6 Å². The van der Waals surface area contributed by atoms with E-state index in [0.717, 1.165) is 29.7 Å². The fourth-order valence-corrected chi connectivity index (χ4v) is 1.92. The lowest BCUT2D eigenvalue weighted by Crippen LogP contribution is -2.12. The molecule has 0 saturated heterocycles. The van der Waals surface area contributed by atoms with Crippen LogP contribution in [0.25, 0.3) is 0 Å². The van der Waals surface area contributed by atoms with E-state index < -0.39 is 6.10 Å². The summed E-state index contributed by atoms with van der Waals surface area (Å²) in [5, 5.41) is 10.1. The van der Waals surface area contributed by atoms with E-state index in [-0.39, 0.29) is 5.92 Å². The van der Waals surface area contributed by atoms with Crippen molar-refractivity contribution in [2.24, 2.45) is 5.92 Å². The fourth-order valence-electron chi connectivity index (χ4n) is 1.92. The Balaban J connectivity index is 2.86. The summed E-state index contributed by atoms with van der Waals surface area (Å²) in [5.74, 6) is 0.281. The van der Waals surface area contributed by atoms with Crippen molar-refractivity contribution < 1.29 is 5.11 Å². The largest absolute Gasteiger partial charge is 0.387 e. The van der Waals surface area contributed by atoms with Gasteiger partial charge in [-0.2, -0.15) is 0 Å². The molecule has 0 bridgehead atoms. The highest BCUT2D eigenvalue weighted by atomic mass is 16.3. The number of pyridine rings is 1. The first-order valence-electron chi connectivity index (χ1n) is 5.67. The molecule has 1 N–H and O–H groups in total. The second-order valence-corrected chi connectivity index (χ2v) is 4.43. The van der Waals surface area contributed by atoms with E-state index in [0.29, 0.717) is 0 Å². The lowest BCUT2D eigenvalue weighted by atomic mass is 9.94. The monoisotopic (exact) mass is 207 g/mol. The zero-order chi connectivity index (χ0) is 11.4. The van der Waals surface area contributed by atoms with Crippen molar-refractivity contribution in [3.8, 4) is 0 Å². The Bertz CT molecular complexity index is 322. The molecule has 1 aromatic heterocycles. The van der Waals surface area contributed by atoms with Gasteiger partial charge in [-0.1, -0.05) is 26.3 Å². The summed E-state index contributed by atoms with van der Waals surface area (Å²) < 4.78 is 0. The molecule has 0 aliphatic carbocycles. The Labute approximate surface area is 92.4 Å². The Morgan fingerprint density at radius 3 is 2.60 bits per heavy atom. The van der Waals surface area contributed by atoms with Gasteiger partial charge < -0.3 is 5.11 Å². The number of nitrogens with zero attached hydrogens (tertiary/aromatic N) is 1. The van der Waals surface area contributed by atoms with Gasteiger partial charge in [-0.05, 0) is 37.3 Å². The van der Waals surface area contributed by atoms with Gasteiger partial charge in [0.2, 0.25) is 0 Å². The maximum Gasteiger partial charge on any atom is 0.0987 e. The summed E-state index contributed by atoms with van der Waals surface area (Å²) in [5.41, 5.74) is 3.07. The molecular weight excluding hydrogens is 186 g/mol. The summed E-state index contributed by atoms with van der Waals surface area (Å²) in [6.45, 7) is 8.25. The van der Waals surface area contributed by atoms with E-state index in [9.17, 15) is 5.11 Å². The highest BCUT2D eigenvalue weighted by Crippen LogP contribution is 2.26. The minimum Gasteiger partial charge on any atom is -0.387 e. The molecule has 1 rings (SSSR count). The summed E-state index contributed by atoms with van der Waals surface area (Å²) in [6.07, 6.45) is 3.54. The highest BCUT2D eigenvalue weighted by molar-refractivity contribution is 5.25. The number of aliphatic hydroxyl groups is 1. The van der Waals surface area contributed by atoms with Crippen molar-refractivity contribution in [3.05, 3.63) is 29.1 Å². The van der Waals surface area contributed by atoms with Gasteiger partial charge in [-0.3, -0.25) is 4.98 Å². The zero-order valence-corrected chi connectivity index (χ0v) is 10.1. The summed E-state index contributed by atoms with van der Waals surface area (Å²) in [6, 6.07) is 2.07. The van der Waals surface area contributed by atoms with Gasteiger partial charge in [0.15, 0.2) is 0 Å². The van der Waals surface area contributed by atoms with Crippen LogP contribution in [0.5, 0.6) is 0 Å². The minimum atomic E-state index is -0.425. The molecule has 2 unspecified atom stereocenters. The molecule has 2 heteroatoms. The number of aryl methyl sites for hydroxylation is 2. The molecule has 0 aromatic carbocycles. The first-order chi connectivity index (χ1) is 7.06. The van der Waals surface area contributed by atoms with Gasteiger partial charge in [-0.15, -0.1) is 0 Å². The number of rotatable bonds is 4. The predicted octanol–water partition coefficient (Wildman–Crippen LogP) is 3.17. The van der Waals surface area contributed by atoms with E-state index in [1.54, 1.807) is 0 Å². The molecule has 0 fully saturated rings. The normalized spacial score (nSPS) is 15.0. The van der Waals surface area contributed by atoms with Crippen LogP contribution in [0.4, 0.5) is 0 Å². The topological polar surface area (TPSA) is 33.1 Å².